The number of aromatic nitrogens is 1. The quantitative estimate of drug-likeness (QED) is 0.362. The van der Waals surface area contributed by atoms with Gasteiger partial charge < -0.3 is 31.4 Å². The fourth-order valence-corrected chi connectivity index (χ4v) is 2.20. The summed E-state index contributed by atoms with van der Waals surface area (Å²) in [5.41, 5.74) is 6.14. The van der Waals surface area contributed by atoms with E-state index in [0.29, 0.717) is 11.1 Å². The molecule has 0 aliphatic carbocycles. The molecule has 1 aromatic heterocycles. The Labute approximate surface area is 103 Å². The zero-order chi connectivity index (χ0) is 13.4. The van der Waals surface area contributed by atoms with E-state index < -0.39 is 29.9 Å². The third kappa shape index (κ3) is 2.01. The average molecular weight is 255 g/mol. The Morgan fingerprint density at radius 3 is 2.61 bits per heavy atom. The first-order chi connectivity index (χ1) is 8.45. The van der Waals surface area contributed by atoms with Gasteiger partial charge in [0.05, 0.1) is 24.8 Å². The van der Waals surface area contributed by atoms with Crippen LogP contribution in [0.15, 0.2) is 10.9 Å². The van der Waals surface area contributed by atoms with E-state index in [-0.39, 0.29) is 12.4 Å². The van der Waals surface area contributed by atoms with Crippen LogP contribution < -0.4 is 16.6 Å². The molecule has 1 saturated heterocycles. The van der Waals surface area contributed by atoms with Gasteiger partial charge in [-0.3, -0.25) is 4.79 Å². The van der Waals surface area contributed by atoms with Crippen LogP contribution in [0.4, 0.5) is 5.82 Å². The molecule has 4 atom stereocenters. The summed E-state index contributed by atoms with van der Waals surface area (Å²) in [5, 5.41) is 31.5. The van der Waals surface area contributed by atoms with Crippen molar-refractivity contribution < 1.29 is 15.3 Å². The van der Waals surface area contributed by atoms with Gasteiger partial charge in [0.25, 0.3) is 5.56 Å². The van der Waals surface area contributed by atoms with Gasteiger partial charge >= 0.3 is 0 Å². The second kappa shape index (κ2) is 4.69. The maximum atomic E-state index is 11.8. The lowest BCUT2D eigenvalue weighted by atomic mass is 10.0. The van der Waals surface area contributed by atoms with E-state index in [9.17, 15) is 15.0 Å². The normalized spacial score (nSPS) is 31.8. The summed E-state index contributed by atoms with van der Waals surface area (Å²) >= 11 is 0. The molecule has 1 aromatic rings. The number of aliphatic hydroxyl groups is 3. The number of aliphatic hydroxyl groups excluding tert-OH is 3. The number of rotatable bonds is 2. The number of nitrogens with two attached hydrogens (primary N) is 1. The lowest BCUT2D eigenvalue weighted by molar-refractivity contribution is 0.0193. The number of aromatic amines is 1. The van der Waals surface area contributed by atoms with Crippen molar-refractivity contribution >= 4 is 5.82 Å². The fourth-order valence-electron chi connectivity index (χ4n) is 2.20. The van der Waals surface area contributed by atoms with Crippen molar-refractivity contribution in [1.82, 2.24) is 10.3 Å². The van der Waals surface area contributed by atoms with Gasteiger partial charge in [-0.15, -0.1) is 0 Å². The molecule has 1 aliphatic rings. The van der Waals surface area contributed by atoms with Crippen LogP contribution in [0.1, 0.15) is 17.2 Å². The lowest BCUT2D eigenvalue weighted by Gasteiger charge is -2.16. The summed E-state index contributed by atoms with van der Waals surface area (Å²) in [5.74, 6) is 0.274. The number of hydrogen-bond donors (Lipinski definition) is 6. The predicted octanol–water partition coefficient (Wildman–Crippen LogP) is -2.01. The third-order valence-electron chi connectivity index (χ3n) is 3.34. The Kier molecular flexibility index (Phi) is 3.40. The molecule has 18 heavy (non-hydrogen) atoms. The molecule has 7 N–H and O–H groups in total. The molecule has 7 nitrogen and oxygen atoms in total. The summed E-state index contributed by atoms with van der Waals surface area (Å²) in [6, 6.07) is 0.198. The Hall–Kier alpha value is -1.41. The lowest BCUT2D eigenvalue weighted by Crippen LogP contribution is -2.36. The van der Waals surface area contributed by atoms with Gasteiger partial charge in [0, 0.05) is 5.56 Å². The minimum Gasteiger partial charge on any atom is -0.395 e. The van der Waals surface area contributed by atoms with E-state index in [1.165, 1.54) is 0 Å². The number of pyridine rings is 1. The van der Waals surface area contributed by atoms with Crippen molar-refractivity contribution in [3.05, 3.63) is 27.5 Å². The standard InChI is InChI=1S/C11H17N3O4/c1-4-2-5(11(18)14-10(4)12)7-9(17)8(16)6(3-15)13-7/h2,6-9,13,15-17H,3H2,1H3,(H3,12,14,18)/t6-,7?,8-,9+/m1/s1. The number of nitrogen functional groups attached to an aromatic ring is 1. The molecule has 7 heteroatoms. The van der Waals surface area contributed by atoms with Crippen LogP contribution in [0.3, 0.4) is 0 Å². The van der Waals surface area contributed by atoms with E-state index in [4.69, 9.17) is 10.8 Å². The third-order valence-corrected chi connectivity index (χ3v) is 3.34. The second-order valence-electron chi connectivity index (χ2n) is 4.57. The summed E-state index contributed by atoms with van der Waals surface area (Å²) in [7, 11) is 0. The molecule has 0 radical (unpaired) electrons. The highest BCUT2D eigenvalue weighted by atomic mass is 16.3. The van der Waals surface area contributed by atoms with Gasteiger partial charge in [-0.25, -0.2) is 0 Å². The Balaban J connectivity index is 2.39. The average Bonchev–Trinajstić information content (AvgIpc) is 2.61. The minimum atomic E-state index is -1.15. The largest absolute Gasteiger partial charge is 0.395 e. The first-order valence-corrected chi connectivity index (χ1v) is 5.68. The van der Waals surface area contributed by atoms with Crippen LogP contribution in [-0.2, 0) is 0 Å². The van der Waals surface area contributed by atoms with Gasteiger partial charge in [-0.1, -0.05) is 0 Å². The molecule has 1 fully saturated rings. The SMILES string of the molecule is Cc1cc(C2N[C@H](CO)[C@@H](O)[C@H]2O)c(=O)[nH]c1N. The zero-order valence-corrected chi connectivity index (χ0v) is 9.92. The first-order valence-electron chi connectivity index (χ1n) is 5.68. The fraction of sp³-hybridized carbons (Fsp3) is 0.545. The van der Waals surface area contributed by atoms with E-state index in [1.54, 1.807) is 13.0 Å². The van der Waals surface area contributed by atoms with Crippen LogP contribution in [-0.4, -0.2) is 45.2 Å². The maximum Gasteiger partial charge on any atom is 0.254 e. The van der Waals surface area contributed by atoms with E-state index >= 15 is 0 Å². The molecular weight excluding hydrogens is 238 g/mol. The van der Waals surface area contributed by atoms with Crippen LogP contribution >= 0.6 is 0 Å². The molecule has 100 valence electrons. The van der Waals surface area contributed by atoms with Crippen LogP contribution in [0.25, 0.3) is 0 Å². The Morgan fingerprint density at radius 2 is 2.06 bits per heavy atom. The number of hydrogen-bond acceptors (Lipinski definition) is 6. The van der Waals surface area contributed by atoms with E-state index in [1.807, 2.05) is 0 Å². The zero-order valence-electron chi connectivity index (χ0n) is 9.92. The minimum absolute atomic E-state index is 0.274. The van der Waals surface area contributed by atoms with Gasteiger partial charge in [0.15, 0.2) is 0 Å². The molecule has 2 heterocycles. The van der Waals surface area contributed by atoms with Gasteiger partial charge in [0.2, 0.25) is 0 Å². The topological polar surface area (TPSA) is 132 Å². The molecular formula is C11H17N3O4. The monoisotopic (exact) mass is 255 g/mol. The smallest absolute Gasteiger partial charge is 0.254 e. The molecule has 0 saturated carbocycles. The first kappa shape index (κ1) is 13.0. The molecule has 0 spiro atoms. The second-order valence-corrected chi connectivity index (χ2v) is 4.57. The Bertz CT molecular complexity index is 502. The molecule has 0 amide bonds. The highest BCUT2D eigenvalue weighted by Crippen LogP contribution is 2.26. The molecule has 1 unspecified atom stereocenters. The summed E-state index contributed by atoms with van der Waals surface area (Å²) in [6.07, 6.45) is -2.26. The highest BCUT2D eigenvalue weighted by Gasteiger charge is 2.42. The van der Waals surface area contributed by atoms with Crippen LogP contribution in [0, 0.1) is 6.92 Å². The van der Waals surface area contributed by atoms with Crippen molar-refractivity contribution in [3.8, 4) is 0 Å². The van der Waals surface area contributed by atoms with Crippen LogP contribution in [0.5, 0.6) is 0 Å². The van der Waals surface area contributed by atoms with Crippen LogP contribution in [0.2, 0.25) is 0 Å². The number of H-pyrrole nitrogens is 1. The van der Waals surface area contributed by atoms with Crippen molar-refractivity contribution in [3.63, 3.8) is 0 Å². The van der Waals surface area contributed by atoms with Crippen molar-refractivity contribution in [2.24, 2.45) is 0 Å². The van der Waals surface area contributed by atoms with Gasteiger partial charge in [-0.05, 0) is 18.6 Å². The summed E-state index contributed by atoms with van der Waals surface area (Å²) in [6.45, 7) is 1.41. The number of nitrogens with one attached hydrogen (secondary N) is 2. The highest BCUT2D eigenvalue weighted by molar-refractivity contribution is 5.41. The molecule has 0 aromatic carbocycles. The van der Waals surface area contributed by atoms with Crippen molar-refractivity contribution in [2.45, 2.75) is 31.2 Å². The van der Waals surface area contributed by atoms with Crippen molar-refractivity contribution in [2.75, 3.05) is 12.3 Å². The molecule has 0 bridgehead atoms. The van der Waals surface area contributed by atoms with E-state index in [2.05, 4.69) is 10.3 Å². The van der Waals surface area contributed by atoms with E-state index in [0.717, 1.165) is 0 Å². The summed E-state index contributed by atoms with van der Waals surface area (Å²) < 4.78 is 0. The number of aryl methyl sites for hydroxylation is 1. The Morgan fingerprint density at radius 1 is 1.39 bits per heavy atom. The molecule has 2 rings (SSSR count). The van der Waals surface area contributed by atoms with Gasteiger partial charge in [-0.2, -0.15) is 0 Å². The molecule has 1 aliphatic heterocycles. The van der Waals surface area contributed by atoms with Crippen molar-refractivity contribution in [1.29, 1.82) is 0 Å². The maximum absolute atomic E-state index is 11.8. The summed E-state index contributed by atoms with van der Waals surface area (Å²) in [4.78, 5) is 14.3. The van der Waals surface area contributed by atoms with Gasteiger partial charge in [0.1, 0.15) is 11.9 Å². The number of anilines is 1. The predicted molar refractivity (Wildman–Crippen MR) is 65.0 cm³/mol.